The molecule has 104 valence electrons. The van der Waals surface area contributed by atoms with Crippen molar-refractivity contribution < 1.29 is 4.92 Å². The van der Waals surface area contributed by atoms with Crippen molar-refractivity contribution in [3.05, 3.63) is 74.3 Å². The summed E-state index contributed by atoms with van der Waals surface area (Å²) in [6.07, 6.45) is 0.540. The lowest BCUT2D eigenvalue weighted by atomic mass is 9.99. The van der Waals surface area contributed by atoms with Crippen molar-refractivity contribution in [2.45, 2.75) is 18.2 Å². The number of benzene rings is 2. The smallest absolute Gasteiger partial charge is 0.258 e. The van der Waals surface area contributed by atoms with E-state index in [0.29, 0.717) is 17.0 Å². The van der Waals surface area contributed by atoms with E-state index >= 15 is 0 Å². The van der Waals surface area contributed by atoms with E-state index in [1.54, 1.807) is 12.1 Å². The fourth-order valence-corrected chi connectivity index (χ4v) is 3.14. The van der Waals surface area contributed by atoms with Gasteiger partial charge in [0.25, 0.3) is 5.69 Å². The topological polar surface area (TPSA) is 43.1 Å². The zero-order chi connectivity index (χ0) is 14.7. The first-order valence-electron chi connectivity index (χ1n) is 6.11. The van der Waals surface area contributed by atoms with Crippen LogP contribution < -0.4 is 0 Å². The lowest BCUT2D eigenvalue weighted by Gasteiger charge is -2.13. The first kappa shape index (κ1) is 15.0. The molecule has 0 aliphatic carbocycles. The van der Waals surface area contributed by atoms with Gasteiger partial charge in [-0.2, -0.15) is 0 Å². The molecule has 0 spiro atoms. The molecule has 2 rings (SSSR count). The van der Waals surface area contributed by atoms with Crippen LogP contribution in [0.1, 0.15) is 21.5 Å². The van der Waals surface area contributed by atoms with E-state index in [1.165, 1.54) is 6.07 Å². The number of hydrogen-bond acceptors (Lipinski definition) is 2. The summed E-state index contributed by atoms with van der Waals surface area (Å²) in [4.78, 5) is 10.7. The average molecular weight is 355 g/mol. The van der Waals surface area contributed by atoms with Crippen molar-refractivity contribution in [3.63, 3.8) is 0 Å². The summed E-state index contributed by atoms with van der Waals surface area (Å²) in [5, 5.41) is 11.7. The molecule has 0 amide bonds. The number of aryl methyl sites for hydroxylation is 1. The Bertz CT molecular complexity index is 646. The zero-order valence-corrected chi connectivity index (χ0v) is 13.2. The predicted molar refractivity (Wildman–Crippen MR) is 84.7 cm³/mol. The molecule has 5 heteroatoms. The number of hydrogen-bond donors (Lipinski definition) is 0. The molecule has 2 aromatic carbocycles. The van der Waals surface area contributed by atoms with Crippen LogP contribution in [0.15, 0.2) is 42.5 Å². The summed E-state index contributed by atoms with van der Waals surface area (Å²) in [5.74, 6) is 0. The fourth-order valence-electron chi connectivity index (χ4n) is 2.11. The highest BCUT2D eigenvalue weighted by molar-refractivity contribution is 9.09. The molecule has 0 bridgehead atoms. The molecule has 0 heterocycles. The first-order valence-corrected chi connectivity index (χ1v) is 7.41. The Hall–Kier alpha value is -1.39. The molecular weight excluding hydrogens is 342 g/mol. The van der Waals surface area contributed by atoms with E-state index in [-0.39, 0.29) is 15.4 Å². The highest BCUT2D eigenvalue weighted by atomic mass is 79.9. The molecule has 0 radical (unpaired) electrons. The van der Waals surface area contributed by atoms with E-state index in [0.717, 1.165) is 11.1 Å². The van der Waals surface area contributed by atoms with Crippen molar-refractivity contribution in [3.8, 4) is 0 Å². The molecule has 2 aromatic rings. The van der Waals surface area contributed by atoms with Crippen molar-refractivity contribution in [1.29, 1.82) is 0 Å². The molecule has 1 atom stereocenters. The molecule has 0 aliphatic rings. The lowest BCUT2D eigenvalue weighted by molar-refractivity contribution is -0.385. The largest absolute Gasteiger partial charge is 0.272 e. The Morgan fingerprint density at radius 3 is 2.70 bits per heavy atom. The highest BCUT2D eigenvalue weighted by Gasteiger charge is 2.18. The number of halogens is 2. The van der Waals surface area contributed by atoms with Gasteiger partial charge >= 0.3 is 0 Å². The summed E-state index contributed by atoms with van der Waals surface area (Å²) in [7, 11) is 0. The van der Waals surface area contributed by atoms with Crippen molar-refractivity contribution in [1.82, 2.24) is 0 Å². The Morgan fingerprint density at radius 2 is 2.00 bits per heavy atom. The van der Waals surface area contributed by atoms with Gasteiger partial charge in [-0.1, -0.05) is 51.8 Å². The molecule has 3 nitrogen and oxygen atoms in total. The number of nitro benzene ring substituents is 1. The maximum atomic E-state index is 11.0. The van der Waals surface area contributed by atoms with Gasteiger partial charge in [-0.25, -0.2) is 0 Å². The minimum Gasteiger partial charge on any atom is -0.258 e. The van der Waals surface area contributed by atoms with Gasteiger partial charge in [0.05, 0.1) is 4.92 Å². The van der Waals surface area contributed by atoms with Crippen LogP contribution in [-0.2, 0) is 6.42 Å². The van der Waals surface area contributed by atoms with Crippen LogP contribution in [0.2, 0.25) is 5.02 Å². The fraction of sp³-hybridized carbons (Fsp3) is 0.200. The van der Waals surface area contributed by atoms with Gasteiger partial charge in [-0.3, -0.25) is 10.1 Å². The van der Waals surface area contributed by atoms with E-state index in [2.05, 4.69) is 15.9 Å². The van der Waals surface area contributed by atoms with Gasteiger partial charge in [0, 0.05) is 21.5 Å². The van der Waals surface area contributed by atoms with Crippen LogP contribution in [0, 0.1) is 17.0 Å². The zero-order valence-electron chi connectivity index (χ0n) is 10.8. The third kappa shape index (κ3) is 3.38. The number of nitro groups is 1. The SMILES string of the molecule is Cc1ccc(Cl)cc1C(Br)Cc1ccccc1[N+](=O)[O-]. The van der Waals surface area contributed by atoms with Crippen molar-refractivity contribution >= 4 is 33.2 Å². The van der Waals surface area contributed by atoms with E-state index in [4.69, 9.17) is 11.6 Å². The normalized spacial score (nSPS) is 12.2. The average Bonchev–Trinajstić information content (AvgIpc) is 2.41. The van der Waals surface area contributed by atoms with E-state index in [9.17, 15) is 10.1 Å². The Morgan fingerprint density at radius 1 is 1.30 bits per heavy atom. The van der Waals surface area contributed by atoms with Crippen LogP contribution in [-0.4, -0.2) is 4.92 Å². The third-order valence-electron chi connectivity index (χ3n) is 3.17. The lowest BCUT2D eigenvalue weighted by Crippen LogP contribution is -2.01. The quantitative estimate of drug-likeness (QED) is 0.428. The van der Waals surface area contributed by atoms with E-state index in [1.807, 2.05) is 31.2 Å². The predicted octanol–water partition coefficient (Wildman–Crippen LogP) is 5.24. The second kappa shape index (κ2) is 6.37. The summed E-state index contributed by atoms with van der Waals surface area (Å²) in [5.41, 5.74) is 3.01. The van der Waals surface area contributed by atoms with Gasteiger partial charge in [0.1, 0.15) is 0 Å². The molecule has 1 unspecified atom stereocenters. The highest BCUT2D eigenvalue weighted by Crippen LogP contribution is 2.33. The molecular formula is C15H13BrClNO2. The van der Waals surface area contributed by atoms with E-state index < -0.39 is 0 Å². The minimum atomic E-state index is -0.347. The number of nitrogens with zero attached hydrogens (tertiary/aromatic N) is 1. The standard InChI is InChI=1S/C15H13BrClNO2/c1-10-6-7-12(17)9-13(10)14(16)8-11-4-2-3-5-15(11)18(19)20/h2-7,9,14H,8H2,1H3. The van der Waals surface area contributed by atoms with Crippen LogP contribution in [0.3, 0.4) is 0 Å². The Labute approximate surface area is 130 Å². The molecule has 0 aliphatic heterocycles. The molecule has 0 fully saturated rings. The molecule has 0 saturated carbocycles. The summed E-state index contributed by atoms with van der Waals surface area (Å²) in [6, 6.07) is 12.5. The molecule has 0 aromatic heterocycles. The second-order valence-corrected chi connectivity index (χ2v) is 6.10. The van der Waals surface area contributed by atoms with Gasteiger partial charge in [0.2, 0.25) is 0 Å². The number of para-hydroxylation sites is 1. The maximum absolute atomic E-state index is 11.0. The van der Waals surface area contributed by atoms with Gasteiger partial charge in [-0.05, 0) is 36.6 Å². The van der Waals surface area contributed by atoms with Crippen LogP contribution >= 0.6 is 27.5 Å². The molecule has 20 heavy (non-hydrogen) atoms. The summed E-state index contributed by atoms with van der Waals surface area (Å²) < 4.78 is 0. The second-order valence-electron chi connectivity index (χ2n) is 4.56. The monoisotopic (exact) mass is 353 g/mol. The van der Waals surface area contributed by atoms with Gasteiger partial charge in [-0.15, -0.1) is 0 Å². The minimum absolute atomic E-state index is 0.0118. The van der Waals surface area contributed by atoms with Crippen LogP contribution in [0.25, 0.3) is 0 Å². The van der Waals surface area contributed by atoms with Crippen LogP contribution in [0.4, 0.5) is 5.69 Å². The Balaban J connectivity index is 2.30. The number of alkyl halides is 1. The first-order chi connectivity index (χ1) is 9.49. The van der Waals surface area contributed by atoms with Gasteiger partial charge in [0.15, 0.2) is 0 Å². The molecule has 0 saturated heterocycles. The number of rotatable bonds is 4. The third-order valence-corrected chi connectivity index (χ3v) is 4.22. The van der Waals surface area contributed by atoms with Crippen LogP contribution in [0.5, 0.6) is 0 Å². The van der Waals surface area contributed by atoms with Gasteiger partial charge < -0.3 is 0 Å². The van der Waals surface area contributed by atoms with Crippen molar-refractivity contribution in [2.24, 2.45) is 0 Å². The Kier molecular flexibility index (Phi) is 4.78. The maximum Gasteiger partial charge on any atom is 0.272 e. The molecule has 0 N–H and O–H groups in total. The van der Waals surface area contributed by atoms with Crippen molar-refractivity contribution in [2.75, 3.05) is 0 Å². The summed E-state index contributed by atoms with van der Waals surface area (Å²) in [6.45, 7) is 2.00. The summed E-state index contributed by atoms with van der Waals surface area (Å²) >= 11 is 9.63.